The Hall–Kier alpha value is -8.20. The van der Waals surface area contributed by atoms with Crippen LogP contribution in [0.25, 0.3) is 44.5 Å². The van der Waals surface area contributed by atoms with Crippen LogP contribution in [0.5, 0.6) is 0 Å². The lowest BCUT2D eigenvalue weighted by molar-refractivity contribution is -0.0399. The lowest BCUT2D eigenvalue weighted by Crippen LogP contribution is -2.55. The largest absolute Gasteiger partial charge is 0.310 e. The second-order valence-electron chi connectivity index (χ2n) is 39.8. The van der Waals surface area contributed by atoms with Crippen molar-refractivity contribution in [2.24, 2.45) is 94.7 Å². The lowest BCUT2D eigenvalue weighted by atomic mass is 9.43. The molecule has 0 amide bonds. The van der Waals surface area contributed by atoms with E-state index in [1.54, 1.807) is 44.5 Å². The van der Waals surface area contributed by atoms with Crippen molar-refractivity contribution in [3.05, 3.63) is 274 Å². The number of rotatable bonds is 8. The van der Waals surface area contributed by atoms with Gasteiger partial charge in [0.1, 0.15) is 0 Å². The van der Waals surface area contributed by atoms with Crippen LogP contribution in [0.2, 0.25) is 0 Å². The van der Waals surface area contributed by atoms with Crippen molar-refractivity contribution in [3.63, 3.8) is 0 Å². The van der Waals surface area contributed by atoms with Gasteiger partial charge in [-0.25, -0.2) is 0 Å². The highest BCUT2D eigenvalue weighted by Gasteiger charge is 2.67. The Morgan fingerprint density at radius 3 is 0.636 bits per heavy atom. The minimum absolute atomic E-state index is 0.0838. The van der Waals surface area contributed by atoms with E-state index in [0.717, 1.165) is 47.3 Å². The van der Waals surface area contributed by atoms with Gasteiger partial charge in [0.25, 0.3) is 0 Å². The number of anilines is 6. The molecule has 2 nitrogen and oxygen atoms in total. The molecule has 0 unspecified atom stereocenters. The molecule has 21 aliphatic carbocycles. The third-order valence-electron chi connectivity index (χ3n) is 36.0. The molecule has 10 aromatic carbocycles. The molecule has 0 aromatic heterocycles. The van der Waals surface area contributed by atoms with Gasteiger partial charge < -0.3 is 9.80 Å². The van der Waals surface area contributed by atoms with Crippen molar-refractivity contribution in [1.29, 1.82) is 0 Å². The van der Waals surface area contributed by atoms with E-state index in [1.165, 1.54) is 244 Å². The van der Waals surface area contributed by atoms with E-state index in [4.69, 9.17) is 0 Å². The Kier molecular flexibility index (Phi) is 12.0. The van der Waals surface area contributed by atoms with Crippen molar-refractivity contribution in [3.8, 4) is 44.5 Å². The molecule has 0 atom stereocenters. The fourth-order valence-electron chi connectivity index (χ4n) is 33.6. The van der Waals surface area contributed by atoms with Gasteiger partial charge >= 0.3 is 0 Å². The van der Waals surface area contributed by atoms with Crippen molar-refractivity contribution in [1.82, 2.24) is 0 Å². The van der Waals surface area contributed by atoms with E-state index < -0.39 is 0 Å². The van der Waals surface area contributed by atoms with Crippen LogP contribution in [-0.4, -0.2) is 0 Å². The van der Waals surface area contributed by atoms with Gasteiger partial charge in [-0.3, -0.25) is 0 Å². The maximum atomic E-state index is 2.78. The first kappa shape index (κ1) is 60.7. The predicted octanol–water partition coefficient (Wildman–Crippen LogP) is 26.4. The minimum Gasteiger partial charge on any atom is -0.310 e. The van der Waals surface area contributed by atoms with Crippen LogP contribution >= 0.6 is 0 Å². The third-order valence-corrected chi connectivity index (χ3v) is 36.0. The first-order valence-corrected chi connectivity index (χ1v) is 43.6. The van der Waals surface area contributed by atoms with Crippen LogP contribution in [0.15, 0.2) is 218 Å². The molecule has 2 heteroatoms. The fraction of sp³-hybridized carbons (Fsp3) is 0.429. The summed E-state index contributed by atoms with van der Waals surface area (Å²) in [4.78, 5) is 5.53. The molecule has 0 radical (unpaired) electrons. The summed E-state index contributed by atoms with van der Waals surface area (Å²) in [5.74, 6) is 13.0. The average Bonchev–Trinajstić information content (AvgIpc) is 1.56. The molecule has 0 saturated heterocycles. The SMILES string of the molecule is c1ccc2c(c1)-c1ccc(N(c3ccc(C4(c5ccc(N(c6ccc7c(c6)C6(c8ccccc8-7)C7CC8CC(C7)CC6C8)c6ccc7c(c6)C6(c8ccccc8-7)C7CC8CC(C7)CC6C8)cc5)CCCC4)cc3)c3ccc4c(c3)C3(c5ccccc5-4)C4CC5CC(C4)CC3C5)cc1C21C2CC3CC(C2)CC1C3. The molecule has 31 rings (SSSR count). The van der Waals surface area contributed by atoms with Crippen molar-refractivity contribution in [2.45, 2.75) is 181 Å². The summed E-state index contributed by atoms with van der Waals surface area (Å²) in [5, 5.41) is 0. The van der Waals surface area contributed by atoms with Gasteiger partial charge in [-0.15, -0.1) is 0 Å². The van der Waals surface area contributed by atoms with Gasteiger partial charge in [0.2, 0.25) is 0 Å². The van der Waals surface area contributed by atoms with Crippen molar-refractivity contribution >= 4 is 34.1 Å². The first-order valence-electron chi connectivity index (χ1n) is 43.6. The Bertz CT molecular complexity index is 4730. The Morgan fingerprint density at radius 1 is 0.196 bits per heavy atom. The van der Waals surface area contributed by atoms with Gasteiger partial charge in [-0.05, 0) is 409 Å². The number of fused-ring (bicyclic) bond motifs is 12. The molecule has 107 heavy (non-hydrogen) atoms. The molecular formula is C105H100N2. The normalized spacial score (nSPS) is 36.7. The molecule has 10 aromatic rings. The average molecular weight is 1390 g/mol. The van der Waals surface area contributed by atoms with Gasteiger partial charge in [0, 0.05) is 61.2 Å². The van der Waals surface area contributed by atoms with Crippen LogP contribution in [-0.2, 0) is 27.1 Å². The number of hydrogen-bond donors (Lipinski definition) is 0. The second-order valence-corrected chi connectivity index (χ2v) is 39.8. The highest BCUT2D eigenvalue weighted by Crippen LogP contribution is 2.75. The topological polar surface area (TPSA) is 6.48 Å². The molecule has 17 saturated carbocycles. The summed E-state index contributed by atoms with van der Waals surface area (Å²) < 4.78 is 0. The third kappa shape index (κ3) is 7.55. The summed E-state index contributed by atoms with van der Waals surface area (Å²) in [5.41, 5.74) is 36.4. The standard InChI is InChI=1S/C105H100N2/c1-5-15-93-85(11-1)89-31-27-81(57-97(89)102(93)71-41-61-37-62(43-71)44-72(102)42-61)106(82-28-32-90-86-12-2-6-16-94(86)103(98(90)58-82)73-45-63-38-64(47-73)48-74(103)46-63)79-23-19-69(20-24-79)101(35-9-10-36-101)70-21-25-80(26-22-70)107(83-29-33-91-87-13-3-7-17-95(87)104(99(91)59-83)75-49-65-39-66(51-75)52-76(104)50-65)84-30-34-92-88-14-4-8-18-96(88)105(100(92)60-84)77-53-67-40-68(55-77)56-78(105)54-67/h1-8,11-34,57-68,71-78H,9-10,35-56H2. The molecular weight excluding hydrogens is 1290 g/mol. The zero-order chi connectivity index (χ0) is 69.2. The number of nitrogens with zero attached hydrogens (tertiary/aromatic N) is 2. The fourth-order valence-corrected chi connectivity index (χ4v) is 33.6. The highest BCUT2D eigenvalue weighted by molar-refractivity contribution is 5.92. The minimum atomic E-state index is -0.0838. The molecule has 16 bridgehead atoms. The maximum Gasteiger partial charge on any atom is 0.0465 e. The Labute approximate surface area is 634 Å². The van der Waals surface area contributed by atoms with Crippen LogP contribution in [0.1, 0.15) is 210 Å². The molecule has 4 spiro atoms. The van der Waals surface area contributed by atoms with E-state index in [-0.39, 0.29) is 27.1 Å². The summed E-state index contributed by atoms with van der Waals surface area (Å²) in [6.07, 6.45) is 33.1. The Balaban J connectivity index is 0.602. The van der Waals surface area contributed by atoms with Gasteiger partial charge in [0.05, 0.1) is 0 Å². The van der Waals surface area contributed by atoms with Crippen LogP contribution in [0.3, 0.4) is 0 Å². The quantitative estimate of drug-likeness (QED) is 0.150. The van der Waals surface area contributed by atoms with Crippen molar-refractivity contribution in [2.75, 3.05) is 9.80 Å². The van der Waals surface area contributed by atoms with E-state index in [1.807, 2.05) is 0 Å². The molecule has 17 fully saturated rings. The molecule has 21 aliphatic rings. The van der Waals surface area contributed by atoms with E-state index in [9.17, 15) is 0 Å². The van der Waals surface area contributed by atoms with Crippen LogP contribution in [0, 0.1) is 94.7 Å². The summed E-state index contributed by atoms with van der Waals surface area (Å²) in [6, 6.07) is 91.6. The number of hydrogen-bond acceptors (Lipinski definition) is 2. The van der Waals surface area contributed by atoms with Gasteiger partial charge in [-0.1, -0.05) is 158 Å². The van der Waals surface area contributed by atoms with E-state index in [2.05, 4.69) is 228 Å². The predicted molar refractivity (Wildman–Crippen MR) is 435 cm³/mol. The smallest absolute Gasteiger partial charge is 0.0465 e. The zero-order valence-corrected chi connectivity index (χ0v) is 62.4. The second kappa shape index (κ2) is 21.2. The summed E-state index contributed by atoms with van der Waals surface area (Å²) in [6.45, 7) is 0. The van der Waals surface area contributed by atoms with Gasteiger partial charge in [0.15, 0.2) is 0 Å². The highest BCUT2D eigenvalue weighted by atomic mass is 15.2. The molecule has 0 heterocycles. The van der Waals surface area contributed by atoms with Crippen LogP contribution in [0.4, 0.5) is 34.1 Å². The lowest BCUT2D eigenvalue weighted by Gasteiger charge is -2.61. The zero-order valence-electron chi connectivity index (χ0n) is 62.4. The van der Waals surface area contributed by atoms with E-state index in [0.29, 0.717) is 47.3 Å². The van der Waals surface area contributed by atoms with Gasteiger partial charge in [-0.2, -0.15) is 0 Å². The van der Waals surface area contributed by atoms with Crippen LogP contribution < -0.4 is 9.80 Å². The molecule has 0 N–H and O–H groups in total. The van der Waals surface area contributed by atoms with Crippen molar-refractivity contribution < 1.29 is 0 Å². The molecule has 0 aliphatic heterocycles. The number of benzene rings is 10. The van der Waals surface area contributed by atoms with E-state index >= 15 is 0 Å². The molecule has 530 valence electrons. The monoisotopic (exact) mass is 1390 g/mol. The Morgan fingerprint density at radius 2 is 0.402 bits per heavy atom. The summed E-state index contributed by atoms with van der Waals surface area (Å²) in [7, 11) is 0. The summed E-state index contributed by atoms with van der Waals surface area (Å²) >= 11 is 0. The maximum absolute atomic E-state index is 2.78. The first-order chi connectivity index (χ1) is 52.8.